The molecule has 0 unspecified atom stereocenters. The van der Waals surface area contributed by atoms with Crippen LogP contribution in [0.2, 0.25) is 0 Å². The zero-order valence-corrected chi connectivity index (χ0v) is 19.3. The van der Waals surface area contributed by atoms with Gasteiger partial charge in [0.05, 0.1) is 13.2 Å². The number of hydrogen-bond donors (Lipinski definition) is 1. The highest BCUT2D eigenvalue weighted by molar-refractivity contribution is 5.27. The molecule has 1 N–H and O–H groups in total. The Morgan fingerprint density at radius 2 is 1.76 bits per heavy atom. The Morgan fingerprint density at radius 3 is 2.55 bits per heavy atom. The molecule has 0 aromatic heterocycles. The first kappa shape index (κ1) is 24.0. The van der Waals surface area contributed by atoms with Gasteiger partial charge >= 0.3 is 0 Å². The molecule has 2 aliphatic heterocycles. The van der Waals surface area contributed by atoms with Gasteiger partial charge in [-0.25, -0.2) is 4.39 Å². The summed E-state index contributed by atoms with van der Waals surface area (Å²) in [5.41, 5.74) is -0.0194. The molecule has 0 aliphatic carbocycles. The number of likely N-dealkylation sites (tertiary alicyclic amines) is 1. The molecule has 2 saturated heterocycles. The van der Waals surface area contributed by atoms with Crippen LogP contribution in [0.5, 0.6) is 11.5 Å². The van der Waals surface area contributed by atoms with Gasteiger partial charge in [0.2, 0.25) is 0 Å². The molecule has 0 amide bonds. The fourth-order valence-electron chi connectivity index (χ4n) is 4.42. The molecule has 2 aromatic carbocycles. The molecule has 0 spiro atoms. The van der Waals surface area contributed by atoms with Gasteiger partial charge in [-0.1, -0.05) is 24.6 Å². The smallest absolute Gasteiger partial charge is 0.134 e. The number of halogens is 1. The number of ether oxygens (including phenoxy) is 3. The summed E-state index contributed by atoms with van der Waals surface area (Å²) >= 11 is 0. The highest BCUT2D eigenvalue weighted by Gasteiger charge is 2.33. The molecule has 2 heterocycles. The van der Waals surface area contributed by atoms with Crippen LogP contribution < -0.4 is 9.47 Å². The molecular weight excluding hydrogens is 423 g/mol. The van der Waals surface area contributed by atoms with E-state index in [0.29, 0.717) is 32.1 Å². The minimum atomic E-state index is -1.17. The molecular formula is C26H35FN2O4. The molecule has 4 rings (SSSR count). The van der Waals surface area contributed by atoms with Gasteiger partial charge in [0.25, 0.3) is 0 Å². The first-order valence-corrected chi connectivity index (χ1v) is 11.9. The molecule has 2 aromatic rings. The van der Waals surface area contributed by atoms with Gasteiger partial charge in [0.15, 0.2) is 0 Å². The van der Waals surface area contributed by atoms with E-state index < -0.39 is 5.60 Å². The summed E-state index contributed by atoms with van der Waals surface area (Å²) in [7, 11) is 0. The maximum Gasteiger partial charge on any atom is 0.134 e. The van der Waals surface area contributed by atoms with Gasteiger partial charge in [0, 0.05) is 32.2 Å². The largest absolute Gasteiger partial charge is 0.492 e. The average Bonchev–Trinajstić information content (AvgIpc) is 3.01. The number of aliphatic hydroxyl groups is 1. The van der Waals surface area contributed by atoms with E-state index in [4.69, 9.17) is 14.2 Å². The third kappa shape index (κ3) is 7.67. The Labute approximate surface area is 195 Å². The summed E-state index contributed by atoms with van der Waals surface area (Å²) in [5, 5.41) is 11.1. The van der Waals surface area contributed by atoms with Gasteiger partial charge < -0.3 is 19.3 Å². The molecule has 6 nitrogen and oxygen atoms in total. The van der Waals surface area contributed by atoms with Crippen molar-refractivity contribution < 1.29 is 23.7 Å². The Kier molecular flexibility index (Phi) is 8.56. The number of piperidine rings is 1. The first-order valence-electron chi connectivity index (χ1n) is 11.9. The second-order valence-corrected chi connectivity index (χ2v) is 9.13. The summed E-state index contributed by atoms with van der Waals surface area (Å²) in [5.74, 6) is 0.919. The topological polar surface area (TPSA) is 54.4 Å². The van der Waals surface area contributed by atoms with Crippen molar-refractivity contribution in [1.82, 2.24) is 9.80 Å². The van der Waals surface area contributed by atoms with E-state index in [-0.39, 0.29) is 19.0 Å². The van der Waals surface area contributed by atoms with Crippen LogP contribution in [0.4, 0.5) is 4.39 Å². The minimum absolute atomic E-state index is 0.0384. The molecule has 0 radical (unpaired) electrons. The Balaban J connectivity index is 1.25. The Bertz CT molecular complexity index is 860. The van der Waals surface area contributed by atoms with E-state index in [2.05, 4.69) is 21.9 Å². The van der Waals surface area contributed by atoms with Crippen molar-refractivity contribution in [2.45, 2.75) is 31.4 Å². The summed E-state index contributed by atoms with van der Waals surface area (Å²) in [6.07, 6.45) is 3.93. The maximum atomic E-state index is 13.4. The van der Waals surface area contributed by atoms with E-state index in [1.165, 1.54) is 44.5 Å². The molecule has 7 heteroatoms. The summed E-state index contributed by atoms with van der Waals surface area (Å²) in [6.45, 7) is 6.64. The summed E-state index contributed by atoms with van der Waals surface area (Å²) in [6, 6.07) is 14.1. The molecule has 0 saturated carbocycles. The SMILES string of the molecule is O[C@@]1(COc2cccc(F)c2)COCCN(Cc2ccc(OCCN3CCCCC3)cc2)C1. The van der Waals surface area contributed by atoms with Gasteiger partial charge in [0.1, 0.15) is 36.1 Å². The van der Waals surface area contributed by atoms with Gasteiger partial charge in [-0.3, -0.25) is 9.80 Å². The van der Waals surface area contributed by atoms with Crippen molar-refractivity contribution in [3.8, 4) is 11.5 Å². The lowest BCUT2D eigenvalue weighted by Gasteiger charge is -2.30. The summed E-state index contributed by atoms with van der Waals surface area (Å²) < 4.78 is 30.6. The Hall–Kier alpha value is -2.19. The van der Waals surface area contributed by atoms with E-state index in [9.17, 15) is 9.50 Å². The van der Waals surface area contributed by atoms with Crippen molar-refractivity contribution in [3.05, 3.63) is 59.9 Å². The van der Waals surface area contributed by atoms with Crippen molar-refractivity contribution >= 4 is 0 Å². The molecule has 33 heavy (non-hydrogen) atoms. The third-order valence-electron chi connectivity index (χ3n) is 6.20. The van der Waals surface area contributed by atoms with Crippen LogP contribution in [0.15, 0.2) is 48.5 Å². The van der Waals surface area contributed by atoms with E-state index >= 15 is 0 Å². The monoisotopic (exact) mass is 458 g/mol. The van der Waals surface area contributed by atoms with Crippen molar-refractivity contribution in [2.75, 3.05) is 59.2 Å². The average molecular weight is 459 g/mol. The summed E-state index contributed by atoms with van der Waals surface area (Å²) in [4.78, 5) is 4.63. The van der Waals surface area contributed by atoms with Crippen LogP contribution in [0, 0.1) is 5.82 Å². The van der Waals surface area contributed by atoms with Crippen LogP contribution in [-0.2, 0) is 11.3 Å². The van der Waals surface area contributed by atoms with Gasteiger partial charge in [-0.05, 0) is 55.8 Å². The van der Waals surface area contributed by atoms with E-state index in [1.807, 2.05) is 12.1 Å². The van der Waals surface area contributed by atoms with E-state index in [1.54, 1.807) is 12.1 Å². The molecule has 0 bridgehead atoms. The lowest BCUT2D eigenvalue weighted by Crippen LogP contribution is -2.48. The number of nitrogens with zero attached hydrogens (tertiary/aromatic N) is 2. The molecule has 1 atom stereocenters. The molecule has 2 aliphatic rings. The van der Waals surface area contributed by atoms with Gasteiger partial charge in [-0.15, -0.1) is 0 Å². The van der Waals surface area contributed by atoms with Crippen molar-refractivity contribution in [1.29, 1.82) is 0 Å². The third-order valence-corrected chi connectivity index (χ3v) is 6.20. The second kappa shape index (κ2) is 11.8. The first-order chi connectivity index (χ1) is 16.1. The predicted octanol–water partition coefficient (Wildman–Crippen LogP) is 3.33. The van der Waals surface area contributed by atoms with Crippen LogP contribution >= 0.6 is 0 Å². The number of rotatable bonds is 9. The predicted molar refractivity (Wildman–Crippen MR) is 125 cm³/mol. The fourth-order valence-corrected chi connectivity index (χ4v) is 4.42. The fraction of sp³-hybridized carbons (Fsp3) is 0.538. The number of β-amino-alcohol motifs (C(OH)–C–C–N with tert-alkyl or cyclic N) is 1. The highest BCUT2D eigenvalue weighted by atomic mass is 19.1. The zero-order chi connectivity index (χ0) is 22.9. The lowest BCUT2D eigenvalue weighted by atomic mass is 10.1. The second-order valence-electron chi connectivity index (χ2n) is 9.13. The van der Waals surface area contributed by atoms with Crippen LogP contribution in [0.3, 0.4) is 0 Å². The lowest BCUT2D eigenvalue weighted by molar-refractivity contribution is -0.0647. The standard InChI is InChI=1S/C26H35FN2O4/c27-23-5-4-6-25(17-23)33-21-26(30)19-29(13-15-31-20-26)18-22-7-9-24(10-8-22)32-16-14-28-11-2-1-3-12-28/h4-10,17,30H,1-3,11-16,18-21H2/t26-/m1/s1. The number of hydrogen-bond acceptors (Lipinski definition) is 6. The Morgan fingerprint density at radius 1 is 0.939 bits per heavy atom. The number of benzene rings is 2. The van der Waals surface area contributed by atoms with E-state index in [0.717, 1.165) is 24.4 Å². The quantitative estimate of drug-likeness (QED) is 0.622. The van der Waals surface area contributed by atoms with Crippen LogP contribution in [-0.4, -0.2) is 79.7 Å². The van der Waals surface area contributed by atoms with Crippen LogP contribution in [0.25, 0.3) is 0 Å². The van der Waals surface area contributed by atoms with Crippen molar-refractivity contribution in [2.24, 2.45) is 0 Å². The van der Waals surface area contributed by atoms with Crippen LogP contribution in [0.1, 0.15) is 24.8 Å². The maximum absolute atomic E-state index is 13.4. The van der Waals surface area contributed by atoms with Crippen molar-refractivity contribution in [3.63, 3.8) is 0 Å². The normalized spacial score (nSPS) is 22.6. The molecule has 2 fully saturated rings. The minimum Gasteiger partial charge on any atom is -0.492 e. The van der Waals surface area contributed by atoms with Gasteiger partial charge in [-0.2, -0.15) is 0 Å². The zero-order valence-electron chi connectivity index (χ0n) is 19.3. The molecule has 180 valence electrons. The highest BCUT2D eigenvalue weighted by Crippen LogP contribution is 2.20.